The first kappa shape index (κ1) is 19.1. The number of rotatable bonds is 5. The number of carbonyl (C=O) groups is 1. The molecular formula is C20H27N5O2S. The van der Waals surface area contributed by atoms with Gasteiger partial charge in [0.1, 0.15) is 5.82 Å². The second-order valence-electron chi connectivity index (χ2n) is 7.21. The number of nitrogens with zero attached hydrogens (tertiary/aromatic N) is 4. The molecule has 2 aromatic rings. The van der Waals surface area contributed by atoms with Crippen molar-refractivity contribution in [3.8, 4) is 0 Å². The molecule has 1 unspecified atom stereocenters. The van der Waals surface area contributed by atoms with Crippen molar-refractivity contribution >= 4 is 29.0 Å². The Hall–Kier alpha value is -2.19. The van der Waals surface area contributed by atoms with Gasteiger partial charge in [0.25, 0.3) is 5.91 Å². The van der Waals surface area contributed by atoms with Gasteiger partial charge in [-0.05, 0) is 30.7 Å². The van der Waals surface area contributed by atoms with Crippen molar-refractivity contribution in [3.05, 3.63) is 34.2 Å². The summed E-state index contributed by atoms with van der Waals surface area (Å²) in [5, 5.41) is 5.52. The highest BCUT2D eigenvalue weighted by Crippen LogP contribution is 2.21. The summed E-state index contributed by atoms with van der Waals surface area (Å²) in [4.78, 5) is 27.1. The summed E-state index contributed by atoms with van der Waals surface area (Å²) in [6, 6.07) is 6.06. The van der Waals surface area contributed by atoms with Gasteiger partial charge in [0.15, 0.2) is 0 Å². The van der Waals surface area contributed by atoms with Crippen molar-refractivity contribution in [1.82, 2.24) is 14.9 Å². The van der Waals surface area contributed by atoms with Crippen molar-refractivity contribution in [2.45, 2.75) is 32.2 Å². The summed E-state index contributed by atoms with van der Waals surface area (Å²) in [5.41, 5.74) is 1.03. The van der Waals surface area contributed by atoms with Crippen molar-refractivity contribution in [2.24, 2.45) is 0 Å². The molecular weight excluding hydrogens is 374 g/mol. The van der Waals surface area contributed by atoms with Crippen LogP contribution in [0.15, 0.2) is 23.6 Å². The van der Waals surface area contributed by atoms with E-state index >= 15 is 0 Å². The molecule has 2 aliphatic rings. The van der Waals surface area contributed by atoms with Crippen LogP contribution in [-0.2, 0) is 11.2 Å². The normalized spacial score (nSPS) is 20.2. The maximum absolute atomic E-state index is 12.7. The molecule has 0 aliphatic carbocycles. The molecule has 0 saturated carbocycles. The van der Waals surface area contributed by atoms with Gasteiger partial charge in [0.2, 0.25) is 5.95 Å². The Balaban J connectivity index is 1.46. The molecule has 1 N–H and O–H groups in total. The second kappa shape index (κ2) is 8.87. The number of ether oxygens (including phenoxy) is 1. The number of piperidine rings is 1. The number of hydrogen-bond acceptors (Lipinski definition) is 7. The van der Waals surface area contributed by atoms with Crippen LogP contribution in [0.1, 0.15) is 35.1 Å². The van der Waals surface area contributed by atoms with Crippen molar-refractivity contribution in [2.75, 3.05) is 49.6 Å². The first-order valence-corrected chi connectivity index (χ1v) is 10.9. The fourth-order valence-corrected chi connectivity index (χ4v) is 4.38. The number of thiophene rings is 1. The van der Waals surface area contributed by atoms with Crippen LogP contribution >= 0.6 is 11.3 Å². The summed E-state index contributed by atoms with van der Waals surface area (Å²) in [5.74, 6) is 1.75. The monoisotopic (exact) mass is 401 g/mol. The van der Waals surface area contributed by atoms with Crippen LogP contribution in [-0.4, -0.2) is 66.2 Å². The zero-order valence-electron chi connectivity index (χ0n) is 16.3. The van der Waals surface area contributed by atoms with Gasteiger partial charge in [0.05, 0.1) is 18.1 Å². The molecule has 7 nitrogen and oxygen atoms in total. The number of anilines is 2. The molecule has 4 heterocycles. The Labute approximate surface area is 169 Å². The van der Waals surface area contributed by atoms with Gasteiger partial charge < -0.3 is 19.9 Å². The molecule has 1 amide bonds. The predicted octanol–water partition coefficient (Wildman–Crippen LogP) is 2.65. The summed E-state index contributed by atoms with van der Waals surface area (Å²) in [6.45, 7) is 6.69. The Bertz CT molecular complexity index is 792. The zero-order valence-corrected chi connectivity index (χ0v) is 17.1. The third kappa shape index (κ3) is 4.44. The van der Waals surface area contributed by atoms with Gasteiger partial charge >= 0.3 is 0 Å². The average Bonchev–Trinajstić information content (AvgIpc) is 3.28. The molecule has 150 valence electrons. The summed E-state index contributed by atoms with van der Waals surface area (Å²) in [6.07, 6.45) is 2.89. The van der Waals surface area contributed by atoms with Crippen LogP contribution in [0.5, 0.6) is 0 Å². The number of aryl methyl sites for hydroxylation is 1. The largest absolute Gasteiger partial charge is 0.378 e. The van der Waals surface area contributed by atoms with Crippen LogP contribution in [0.2, 0.25) is 0 Å². The highest BCUT2D eigenvalue weighted by Gasteiger charge is 2.25. The highest BCUT2D eigenvalue weighted by molar-refractivity contribution is 7.12. The van der Waals surface area contributed by atoms with Gasteiger partial charge in [0, 0.05) is 44.0 Å². The SMILES string of the molecule is CCc1cc(NC2CCCN(C(=O)c3cccs3)C2)nc(N2CCOCC2)n1. The second-order valence-corrected chi connectivity index (χ2v) is 8.16. The number of nitrogens with one attached hydrogen (secondary N) is 1. The lowest BCUT2D eigenvalue weighted by molar-refractivity contribution is 0.0719. The molecule has 0 bridgehead atoms. The van der Waals surface area contributed by atoms with Crippen LogP contribution in [0.3, 0.4) is 0 Å². The quantitative estimate of drug-likeness (QED) is 0.831. The number of aromatic nitrogens is 2. The highest BCUT2D eigenvalue weighted by atomic mass is 32.1. The lowest BCUT2D eigenvalue weighted by Gasteiger charge is -2.33. The van der Waals surface area contributed by atoms with E-state index in [1.165, 1.54) is 11.3 Å². The maximum Gasteiger partial charge on any atom is 0.263 e. The minimum atomic E-state index is 0.132. The van der Waals surface area contributed by atoms with Crippen molar-refractivity contribution in [1.29, 1.82) is 0 Å². The topological polar surface area (TPSA) is 70.6 Å². The number of hydrogen-bond donors (Lipinski definition) is 1. The minimum absolute atomic E-state index is 0.132. The van der Waals surface area contributed by atoms with Gasteiger partial charge in [-0.15, -0.1) is 11.3 Å². The molecule has 8 heteroatoms. The first-order valence-electron chi connectivity index (χ1n) is 10.0. The Morgan fingerprint density at radius 2 is 2.18 bits per heavy atom. The molecule has 0 aromatic carbocycles. The van der Waals surface area contributed by atoms with Crippen LogP contribution in [0, 0.1) is 0 Å². The smallest absolute Gasteiger partial charge is 0.263 e. The van der Waals surface area contributed by atoms with Gasteiger partial charge in [-0.1, -0.05) is 13.0 Å². The number of likely N-dealkylation sites (tertiary alicyclic amines) is 1. The van der Waals surface area contributed by atoms with Crippen LogP contribution < -0.4 is 10.2 Å². The summed E-state index contributed by atoms with van der Waals surface area (Å²) in [7, 11) is 0. The van der Waals surface area contributed by atoms with E-state index in [4.69, 9.17) is 14.7 Å². The number of amides is 1. The number of carbonyl (C=O) groups excluding carboxylic acids is 1. The lowest BCUT2D eigenvalue weighted by Crippen LogP contribution is -2.45. The first-order chi connectivity index (χ1) is 13.7. The third-order valence-electron chi connectivity index (χ3n) is 5.22. The molecule has 2 saturated heterocycles. The zero-order chi connectivity index (χ0) is 19.3. The minimum Gasteiger partial charge on any atom is -0.378 e. The van der Waals surface area contributed by atoms with Gasteiger partial charge in [-0.2, -0.15) is 4.98 Å². The van der Waals surface area contributed by atoms with E-state index < -0.39 is 0 Å². The fourth-order valence-electron chi connectivity index (χ4n) is 3.69. The lowest BCUT2D eigenvalue weighted by atomic mass is 10.1. The standard InChI is InChI=1S/C20H27N5O2S/c1-2-15-13-18(23-20(22-15)24-8-10-27-11-9-24)21-16-5-3-7-25(14-16)19(26)17-6-4-12-28-17/h4,6,12-13,16H,2-3,5,7-11,14H2,1H3,(H,21,22,23). The molecule has 28 heavy (non-hydrogen) atoms. The van der Waals surface area contributed by atoms with E-state index in [2.05, 4.69) is 17.1 Å². The maximum atomic E-state index is 12.7. The Morgan fingerprint density at radius 3 is 2.93 bits per heavy atom. The van der Waals surface area contributed by atoms with Gasteiger partial charge in [-0.25, -0.2) is 4.98 Å². The molecule has 4 rings (SSSR count). The summed E-state index contributed by atoms with van der Waals surface area (Å²) < 4.78 is 5.44. The van der Waals surface area contributed by atoms with Gasteiger partial charge in [-0.3, -0.25) is 4.79 Å². The van der Waals surface area contributed by atoms with Crippen LogP contribution in [0.25, 0.3) is 0 Å². The van der Waals surface area contributed by atoms with E-state index in [9.17, 15) is 4.79 Å². The molecule has 2 fully saturated rings. The van der Waals surface area contributed by atoms with E-state index in [1.807, 2.05) is 28.5 Å². The Kier molecular flexibility index (Phi) is 6.07. The van der Waals surface area contributed by atoms with Crippen molar-refractivity contribution < 1.29 is 9.53 Å². The van der Waals surface area contributed by atoms with E-state index in [1.54, 1.807) is 0 Å². The Morgan fingerprint density at radius 1 is 1.32 bits per heavy atom. The molecule has 0 radical (unpaired) electrons. The molecule has 1 atom stereocenters. The fraction of sp³-hybridized carbons (Fsp3) is 0.550. The molecule has 0 spiro atoms. The predicted molar refractivity (Wildman–Crippen MR) is 111 cm³/mol. The number of morpholine rings is 1. The third-order valence-corrected chi connectivity index (χ3v) is 6.07. The van der Waals surface area contributed by atoms with E-state index in [-0.39, 0.29) is 11.9 Å². The molecule has 2 aromatic heterocycles. The average molecular weight is 402 g/mol. The molecule has 2 aliphatic heterocycles. The van der Waals surface area contributed by atoms with Crippen molar-refractivity contribution in [3.63, 3.8) is 0 Å². The summed E-state index contributed by atoms with van der Waals surface area (Å²) >= 11 is 1.50. The van der Waals surface area contributed by atoms with E-state index in [0.717, 1.165) is 61.2 Å². The van der Waals surface area contributed by atoms with Crippen LogP contribution in [0.4, 0.5) is 11.8 Å². The van der Waals surface area contributed by atoms with E-state index in [0.29, 0.717) is 19.8 Å².